The summed E-state index contributed by atoms with van der Waals surface area (Å²) in [6.45, 7) is 7.48. The third-order valence-corrected chi connectivity index (χ3v) is 7.72. The zero-order chi connectivity index (χ0) is 20.5. The van der Waals surface area contributed by atoms with E-state index in [9.17, 15) is 10.2 Å². The fraction of sp³-hybridized carbons (Fsp3) is 0.500. The molecule has 3 heteroatoms. The van der Waals surface area contributed by atoms with Gasteiger partial charge in [0.25, 0.3) is 0 Å². The maximum absolute atomic E-state index is 10.4. The predicted molar refractivity (Wildman–Crippen MR) is 117 cm³/mol. The first-order valence-corrected chi connectivity index (χ1v) is 10.8. The summed E-state index contributed by atoms with van der Waals surface area (Å²) in [7, 11) is 0. The zero-order valence-corrected chi connectivity index (χ0v) is 17.7. The number of aliphatic imine (C=N–C) groups is 1. The van der Waals surface area contributed by atoms with Crippen molar-refractivity contribution in [3.8, 4) is 11.5 Å². The van der Waals surface area contributed by atoms with Gasteiger partial charge in [0.15, 0.2) is 0 Å². The highest BCUT2D eigenvalue weighted by Crippen LogP contribution is 2.73. The monoisotopic (exact) mass is 389 g/mol. The van der Waals surface area contributed by atoms with Crippen molar-refractivity contribution in [2.75, 3.05) is 0 Å². The fourth-order valence-electron chi connectivity index (χ4n) is 8.29. The van der Waals surface area contributed by atoms with E-state index in [1.165, 1.54) is 44.1 Å². The normalized spacial score (nSPS) is 38.0. The Kier molecular flexibility index (Phi) is 3.79. The lowest BCUT2D eigenvalue weighted by Crippen LogP contribution is -2.60. The molecular formula is C26H31NO2. The fourth-order valence-corrected chi connectivity index (χ4v) is 8.29. The highest BCUT2D eigenvalue weighted by atomic mass is 16.3. The predicted octanol–water partition coefficient (Wildman–Crippen LogP) is 6.49. The van der Waals surface area contributed by atoms with Gasteiger partial charge in [-0.05, 0) is 90.0 Å². The van der Waals surface area contributed by atoms with Crippen LogP contribution in [0.25, 0.3) is 0 Å². The van der Waals surface area contributed by atoms with E-state index in [0.29, 0.717) is 27.5 Å². The van der Waals surface area contributed by atoms with E-state index >= 15 is 0 Å². The van der Waals surface area contributed by atoms with Crippen LogP contribution in [0, 0.1) is 16.2 Å². The molecular weight excluding hydrogens is 358 g/mol. The molecule has 0 radical (unpaired) electrons. The maximum Gasteiger partial charge on any atom is 0.141 e. The van der Waals surface area contributed by atoms with Crippen LogP contribution in [-0.4, -0.2) is 16.4 Å². The lowest BCUT2D eigenvalue weighted by molar-refractivity contribution is -0.152. The van der Waals surface area contributed by atoms with Gasteiger partial charge in [0, 0.05) is 11.8 Å². The van der Waals surface area contributed by atoms with Crippen molar-refractivity contribution in [1.29, 1.82) is 0 Å². The van der Waals surface area contributed by atoms with E-state index in [4.69, 9.17) is 0 Å². The molecule has 0 aliphatic heterocycles. The van der Waals surface area contributed by atoms with Gasteiger partial charge in [-0.15, -0.1) is 0 Å². The van der Waals surface area contributed by atoms with Crippen LogP contribution in [0.3, 0.4) is 0 Å². The average molecular weight is 390 g/mol. The third-order valence-electron chi connectivity index (χ3n) is 7.72. The molecule has 0 saturated heterocycles. The van der Waals surface area contributed by atoms with Crippen molar-refractivity contribution in [1.82, 2.24) is 0 Å². The van der Waals surface area contributed by atoms with Gasteiger partial charge in [-0.2, -0.15) is 0 Å². The van der Waals surface area contributed by atoms with Crippen LogP contribution in [0.2, 0.25) is 0 Å². The van der Waals surface area contributed by atoms with E-state index in [1.54, 1.807) is 24.4 Å². The molecule has 4 fully saturated rings. The molecule has 0 amide bonds. The van der Waals surface area contributed by atoms with Crippen LogP contribution in [0.5, 0.6) is 11.5 Å². The molecule has 0 spiro atoms. The topological polar surface area (TPSA) is 52.8 Å². The maximum atomic E-state index is 10.4. The number of hydrogen-bond donors (Lipinski definition) is 2. The highest BCUT2D eigenvalue weighted by molar-refractivity contribution is 5.85. The molecule has 4 aliphatic carbocycles. The second kappa shape index (κ2) is 5.87. The van der Waals surface area contributed by atoms with E-state index in [0.717, 1.165) is 0 Å². The molecule has 4 aliphatic rings. The van der Waals surface area contributed by atoms with Crippen molar-refractivity contribution in [3.63, 3.8) is 0 Å². The minimum Gasteiger partial charge on any atom is -0.507 e. The van der Waals surface area contributed by atoms with Crippen molar-refractivity contribution >= 4 is 11.9 Å². The quantitative estimate of drug-likeness (QED) is 0.590. The van der Waals surface area contributed by atoms with Crippen molar-refractivity contribution in [2.45, 2.75) is 64.7 Å². The molecule has 4 bridgehead atoms. The van der Waals surface area contributed by atoms with Crippen LogP contribution in [-0.2, 0) is 5.41 Å². The van der Waals surface area contributed by atoms with E-state index in [2.05, 4.69) is 37.9 Å². The summed E-state index contributed by atoms with van der Waals surface area (Å²) in [5.74, 6) is 0.385. The molecule has 2 aromatic carbocycles. The van der Waals surface area contributed by atoms with Gasteiger partial charge in [0.05, 0.1) is 0 Å². The Morgan fingerprint density at radius 2 is 1.34 bits per heavy atom. The minimum atomic E-state index is 0.180. The molecule has 0 unspecified atom stereocenters. The lowest BCUT2D eigenvalue weighted by atomic mass is 9.35. The molecule has 3 nitrogen and oxygen atoms in total. The molecule has 0 atom stereocenters. The summed E-state index contributed by atoms with van der Waals surface area (Å²) < 4.78 is 0. The summed E-state index contributed by atoms with van der Waals surface area (Å²) >= 11 is 0. The Hall–Kier alpha value is -2.29. The molecule has 0 aromatic heterocycles. The van der Waals surface area contributed by atoms with Crippen LogP contribution < -0.4 is 0 Å². The van der Waals surface area contributed by atoms with Gasteiger partial charge in [0.2, 0.25) is 0 Å². The Bertz CT molecular complexity index is 954. The van der Waals surface area contributed by atoms with Gasteiger partial charge < -0.3 is 10.2 Å². The largest absolute Gasteiger partial charge is 0.507 e. The molecule has 2 aromatic rings. The first kappa shape index (κ1) is 18.7. The van der Waals surface area contributed by atoms with Gasteiger partial charge in [0.1, 0.15) is 17.2 Å². The zero-order valence-electron chi connectivity index (χ0n) is 17.7. The second-order valence-corrected chi connectivity index (χ2v) is 11.3. The SMILES string of the molecule is CC12CC3(C)CC(C)(C1)CC(c1ccc(O)c(N=Cc4ccccc4O)c1)(C2)C3. The van der Waals surface area contributed by atoms with E-state index < -0.39 is 0 Å². The standard InChI is InChI=1S/C26H31NO2/c1-23-12-24(2)14-25(3,13-23)17-26(15-23,16-24)19-8-9-22(29)20(10-19)27-11-18-6-4-5-7-21(18)28/h4-11,28-29H,12-17H2,1-3H3. The summed E-state index contributed by atoms with van der Waals surface area (Å²) in [5.41, 5.74) is 3.98. The van der Waals surface area contributed by atoms with Gasteiger partial charge >= 0.3 is 0 Å². The number of rotatable bonds is 3. The van der Waals surface area contributed by atoms with E-state index in [1.807, 2.05) is 12.1 Å². The summed E-state index contributed by atoms with van der Waals surface area (Å²) in [5, 5.41) is 20.4. The highest BCUT2D eigenvalue weighted by Gasteiger charge is 2.64. The number of para-hydroxylation sites is 1. The van der Waals surface area contributed by atoms with Gasteiger partial charge in [-0.25, -0.2) is 0 Å². The van der Waals surface area contributed by atoms with E-state index in [-0.39, 0.29) is 16.9 Å². The Labute approximate surface area is 173 Å². The molecule has 4 saturated carbocycles. The number of hydrogen-bond acceptors (Lipinski definition) is 3. The van der Waals surface area contributed by atoms with Crippen LogP contribution >= 0.6 is 0 Å². The van der Waals surface area contributed by atoms with Crippen LogP contribution in [0.1, 0.15) is 70.4 Å². The summed E-state index contributed by atoms with van der Waals surface area (Å²) in [6, 6.07) is 13.1. The first-order chi connectivity index (χ1) is 13.6. The average Bonchev–Trinajstić information content (AvgIpc) is 2.58. The lowest BCUT2D eigenvalue weighted by Gasteiger charge is -2.69. The summed E-state index contributed by atoms with van der Waals surface area (Å²) in [4.78, 5) is 4.54. The Morgan fingerprint density at radius 3 is 1.93 bits per heavy atom. The number of nitrogens with zero attached hydrogens (tertiary/aromatic N) is 1. The first-order valence-electron chi connectivity index (χ1n) is 10.8. The number of aromatic hydroxyl groups is 2. The smallest absolute Gasteiger partial charge is 0.141 e. The number of benzene rings is 2. The Morgan fingerprint density at radius 1 is 0.759 bits per heavy atom. The molecule has 2 N–H and O–H groups in total. The molecule has 6 rings (SSSR count). The molecule has 152 valence electrons. The minimum absolute atomic E-state index is 0.180. The number of phenolic OH excluding ortho intramolecular Hbond substituents is 2. The van der Waals surface area contributed by atoms with Crippen LogP contribution in [0.4, 0.5) is 5.69 Å². The van der Waals surface area contributed by atoms with Crippen LogP contribution in [0.15, 0.2) is 47.5 Å². The third kappa shape index (κ3) is 3.06. The van der Waals surface area contributed by atoms with Crippen molar-refractivity contribution in [3.05, 3.63) is 53.6 Å². The molecule has 29 heavy (non-hydrogen) atoms. The Balaban J connectivity index is 1.54. The second-order valence-electron chi connectivity index (χ2n) is 11.3. The van der Waals surface area contributed by atoms with Crippen molar-refractivity contribution in [2.24, 2.45) is 21.2 Å². The number of phenols is 2. The van der Waals surface area contributed by atoms with Gasteiger partial charge in [-0.3, -0.25) is 4.99 Å². The van der Waals surface area contributed by atoms with Crippen molar-refractivity contribution < 1.29 is 10.2 Å². The molecule has 0 heterocycles. The van der Waals surface area contributed by atoms with Gasteiger partial charge in [-0.1, -0.05) is 39.0 Å². The summed E-state index contributed by atoms with van der Waals surface area (Å²) in [6.07, 6.45) is 9.36.